The first-order valence-corrected chi connectivity index (χ1v) is 33.3. The van der Waals surface area contributed by atoms with Crippen LogP contribution in [-0.4, -0.2) is 94.7 Å². The van der Waals surface area contributed by atoms with Crippen molar-refractivity contribution in [2.45, 2.75) is 83.1 Å². The van der Waals surface area contributed by atoms with Gasteiger partial charge in [-0.2, -0.15) is 0 Å². The maximum Gasteiger partial charge on any atom is 0.128 e. The van der Waals surface area contributed by atoms with E-state index < -0.39 is 0 Å². The molecule has 0 unspecified atom stereocenters. The van der Waals surface area contributed by atoms with Gasteiger partial charge in [-0.1, -0.05) is 109 Å². The van der Waals surface area contributed by atoms with E-state index in [1.165, 1.54) is 63.5 Å². The molecule has 12 heterocycles. The molecular weight excluding hydrogens is 1290 g/mol. The van der Waals surface area contributed by atoms with E-state index >= 15 is 0 Å². The second-order valence-electron chi connectivity index (χ2n) is 22.8. The molecule has 17 aromatic rings. The molecule has 0 aliphatic heterocycles. The first kappa shape index (κ1) is 79.7. The van der Waals surface area contributed by atoms with Crippen LogP contribution in [0.5, 0.6) is 0 Å². The van der Waals surface area contributed by atoms with Gasteiger partial charge in [-0.25, -0.2) is 59.8 Å². The van der Waals surface area contributed by atoms with E-state index in [1.54, 1.807) is 68.0 Å². The lowest BCUT2D eigenvalue weighted by atomic mass is 10.1. The van der Waals surface area contributed by atoms with Crippen molar-refractivity contribution in [1.29, 1.82) is 0 Å². The van der Waals surface area contributed by atoms with Gasteiger partial charge in [0.1, 0.15) is 42.8 Å². The minimum absolute atomic E-state index is 0.759. The highest BCUT2D eigenvalue weighted by Crippen LogP contribution is 2.15. The molecular formula is C85H87N19. The summed E-state index contributed by atoms with van der Waals surface area (Å²) in [5.41, 5.74) is 15.0. The summed E-state index contributed by atoms with van der Waals surface area (Å²) < 4.78 is 0. The van der Waals surface area contributed by atoms with Crippen molar-refractivity contribution in [2.24, 2.45) is 0 Å². The van der Waals surface area contributed by atoms with Crippen LogP contribution in [0.15, 0.2) is 312 Å². The maximum absolute atomic E-state index is 4.38. The second kappa shape index (κ2) is 46.9. The minimum Gasteiger partial charge on any atom is -0.265 e. The highest BCUT2D eigenvalue weighted by atomic mass is 15.0. The summed E-state index contributed by atoms with van der Waals surface area (Å²) in [6.45, 7) is 23.5. The van der Waals surface area contributed by atoms with Gasteiger partial charge in [-0.3, -0.25) is 34.9 Å². The molecule has 5 aromatic carbocycles. The van der Waals surface area contributed by atoms with Crippen LogP contribution in [-0.2, 0) is 0 Å². The summed E-state index contributed by atoms with van der Waals surface area (Å²) in [6, 6.07) is 66.1. The number of para-hydroxylation sites is 5. The number of nitrogens with zero attached hydrogens (tertiary/aromatic N) is 19. The number of hydrogen-bond acceptors (Lipinski definition) is 19. The molecule has 0 aliphatic rings. The normalized spacial score (nSPS) is 9.54. The zero-order chi connectivity index (χ0) is 74.2. The number of benzene rings is 5. The topological polar surface area (TPSA) is 245 Å². The van der Waals surface area contributed by atoms with E-state index in [4.69, 9.17) is 0 Å². The first-order chi connectivity index (χ1) is 50.6. The number of rotatable bonds is 0. The Bertz CT molecular complexity index is 4300. The Morgan fingerprint density at radius 2 is 0.721 bits per heavy atom. The van der Waals surface area contributed by atoms with Crippen LogP contribution in [0.25, 0.3) is 54.5 Å². The van der Waals surface area contributed by atoms with E-state index in [1.807, 2.05) is 253 Å². The number of hydrogen-bond donors (Lipinski definition) is 0. The molecule has 0 bridgehead atoms. The fraction of sp³-hybridized carbons (Fsp3) is 0.141. The van der Waals surface area contributed by atoms with Crippen LogP contribution >= 0.6 is 0 Å². The molecule has 0 spiro atoms. The Morgan fingerprint density at radius 3 is 1.25 bits per heavy atom. The molecule has 0 N–H and O–H groups in total. The fourth-order valence-corrected chi connectivity index (χ4v) is 8.38. The molecule has 0 radical (unpaired) electrons. The van der Waals surface area contributed by atoms with E-state index in [0.29, 0.717) is 0 Å². The van der Waals surface area contributed by atoms with Gasteiger partial charge in [-0.15, -0.1) is 0 Å². The van der Waals surface area contributed by atoms with Crippen molar-refractivity contribution in [3.05, 3.63) is 380 Å². The van der Waals surface area contributed by atoms with Gasteiger partial charge >= 0.3 is 0 Å². The monoisotopic (exact) mass is 1370 g/mol. The molecule has 19 nitrogen and oxygen atoms in total. The van der Waals surface area contributed by atoms with Gasteiger partial charge < -0.3 is 0 Å². The van der Waals surface area contributed by atoms with Gasteiger partial charge in [0.05, 0.1) is 33.3 Å². The van der Waals surface area contributed by atoms with Gasteiger partial charge in [-0.05, 0) is 202 Å². The zero-order valence-corrected chi connectivity index (χ0v) is 60.9. The quantitative estimate of drug-likeness (QED) is 0.137. The smallest absolute Gasteiger partial charge is 0.128 e. The van der Waals surface area contributed by atoms with Crippen LogP contribution in [0.1, 0.15) is 68.2 Å². The van der Waals surface area contributed by atoms with Crippen LogP contribution < -0.4 is 0 Å². The van der Waals surface area contributed by atoms with Crippen molar-refractivity contribution in [3.63, 3.8) is 0 Å². The molecule has 0 saturated carbocycles. The summed E-state index contributed by atoms with van der Waals surface area (Å²) in [5, 5.41) is 5.99. The van der Waals surface area contributed by atoms with Crippen molar-refractivity contribution in [3.8, 4) is 0 Å². The number of fused-ring (bicyclic) bond motifs is 5. The molecule has 0 atom stereocenters. The molecule has 17 rings (SSSR count). The van der Waals surface area contributed by atoms with E-state index in [9.17, 15) is 0 Å². The number of aromatic nitrogens is 19. The predicted octanol–water partition coefficient (Wildman–Crippen LogP) is 18.2. The molecule has 522 valence electrons. The Labute approximate surface area is 609 Å². The van der Waals surface area contributed by atoms with E-state index in [0.717, 1.165) is 84.5 Å². The maximum atomic E-state index is 4.38. The van der Waals surface area contributed by atoms with Crippen molar-refractivity contribution >= 4 is 54.5 Å². The van der Waals surface area contributed by atoms with Crippen LogP contribution in [0, 0.1) is 83.1 Å². The van der Waals surface area contributed by atoms with Crippen molar-refractivity contribution in [1.82, 2.24) is 94.7 Å². The number of pyridine rings is 6. The summed E-state index contributed by atoms with van der Waals surface area (Å²) in [5.74, 6) is 2.40. The minimum atomic E-state index is 0.759. The van der Waals surface area contributed by atoms with Gasteiger partial charge in [0.25, 0.3) is 0 Å². The van der Waals surface area contributed by atoms with Gasteiger partial charge in [0.15, 0.2) is 0 Å². The average Bonchev–Trinajstić information content (AvgIpc) is 0.887. The molecule has 104 heavy (non-hydrogen) atoms. The Kier molecular flexibility index (Phi) is 35.9. The Hall–Kier alpha value is -13.3. The van der Waals surface area contributed by atoms with Crippen LogP contribution in [0.2, 0.25) is 0 Å². The molecule has 0 saturated heterocycles. The Balaban J connectivity index is 0.000000179. The highest BCUT2D eigenvalue weighted by Gasteiger charge is 1.96. The van der Waals surface area contributed by atoms with Crippen molar-refractivity contribution < 1.29 is 0 Å². The Morgan fingerprint density at radius 1 is 0.183 bits per heavy atom. The second-order valence-corrected chi connectivity index (χ2v) is 22.8. The summed E-state index contributed by atoms with van der Waals surface area (Å²) in [7, 11) is 0. The summed E-state index contributed by atoms with van der Waals surface area (Å²) in [6.07, 6.45) is 31.1. The van der Waals surface area contributed by atoms with Crippen LogP contribution in [0.4, 0.5) is 0 Å². The number of aryl methyl sites for hydroxylation is 12. The molecule has 19 heteroatoms. The first-order valence-electron chi connectivity index (χ1n) is 33.3. The van der Waals surface area contributed by atoms with Gasteiger partial charge in [0, 0.05) is 131 Å². The van der Waals surface area contributed by atoms with E-state index in [2.05, 4.69) is 144 Å². The zero-order valence-electron chi connectivity index (χ0n) is 60.9. The predicted molar refractivity (Wildman–Crippen MR) is 420 cm³/mol. The lowest BCUT2D eigenvalue weighted by Crippen LogP contribution is -1.86. The third-order valence-electron chi connectivity index (χ3n) is 13.6. The van der Waals surface area contributed by atoms with E-state index in [-0.39, 0.29) is 0 Å². The summed E-state index contributed by atoms with van der Waals surface area (Å²) >= 11 is 0. The highest BCUT2D eigenvalue weighted by molar-refractivity contribution is 5.82. The lowest BCUT2D eigenvalue weighted by Gasteiger charge is -1.96. The average molecular weight is 1370 g/mol. The third-order valence-corrected chi connectivity index (χ3v) is 13.6. The standard InChI is InChI=1S/3C10H9N.2C9H8N2.3C6H7N.3C5H6N2.C4H5N3/c1-8-6-9-4-2-3-5-10(9)7-11-8;1-8-6-9-4-2-3-5-10(9)11-7-8;1-8-6-7-9-4-2-3-5-10(9)11-8;1-7-10-6-8-4-2-3-5-9(8)11-7;1-7-6-10-8-4-2-3-5-9(8)11-7;1-6-2-4-7-5-3-6;1-6-3-2-4-7-5-6;1-6-4-2-3-5-7-6;1-5-2-6-4-7-3-5;1-5-2-3-6-4-7-5;1-5-6-3-2-4-7-5;1-4-6-2-5-3-7-4/h3*2-7H,1H3;2*2-6H,1H3;3*2-5H,1H3;3*2-4H,1H3;2-3H,1H3. The van der Waals surface area contributed by atoms with Gasteiger partial charge in [0.2, 0.25) is 0 Å². The third kappa shape index (κ3) is 33.5. The van der Waals surface area contributed by atoms with Crippen molar-refractivity contribution in [2.75, 3.05) is 0 Å². The molecule has 0 aliphatic carbocycles. The molecule has 0 fully saturated rings. The lowest BCUT2D eigenvalue weighted by molar-refractivity contribution is 0.974. The molecule has 0 amide bonds. The largest absolute Gasteiger partial charge is 0.265 e. The fourth-order valence-electron chi connectivity index (χ4n) is 8.38. The van der Waals surface area contributed by atoms with Crippen LogP contribution in [0.3, 0.4) is 0 Å². The summed E-state index contributed by atoms with van der Waals surface area (Å²) in [4.78, 5) is 75.5. The molecule has 12 aromatic heterocycles. The SMILES string of the molecule is Cc1cc2ccccc2cn1.Cc1ccc2ccccc2n1.Cc1ccccn1.Cc1cccnc1.Cc1ccncc1.Cc1ccncn1.Cc1cnc2ccccc2c1.Cc1cnc2ccccc2n1.Cc1cncnc1.Cc1ncc2ccccc2n1.Cc1ncccn1.Cc1ncncn1.